The molecule has 0 bridgehead atoms. The van der Waals surface area contributed by atoms with Crippen LogP contribution in [-0.2, 0) is 12.8 Å². The standard InChI is InChI=1S/C15H25NS/c1-4-13-8-9-14(17-13)10-15(3,5-2)11-16-12-6-7-12/h8-9,12,16H,4-7,10-11H2,1-3H3. The van der Waals surface area contributed by atoms with Crippen LogP contribution in [0.2, 0.25) is 0 Å². The Labute approximate surface area is 110 Å². The average molecular weight is 251 g/mol. The van der Waals surface area contributed by atoms with Crippen molar-refractivity contribution in [3.05, 3.63) is 21.9 Å². The molecule has 1 atom stereocenters. The molecule has 1 aliphatic carbocycles. The van der Waals surface area contributed by atoms with Crippen molar-refractivity contribution in [2.45, 2.75) is 58.9 Å². The van der Waals surface area contributed by atoms with Crippen molar-refractivity contribution in [2.24, 2.45) is 5.41 Å². The van der Waals surface area contributed by atoms with E-state index in [-0.39, 0.29) is 0 Å². The molecule has 0 amide bonds. The van der Waals surface area contributed by atoms with Gasteiger partial charge in [0.1, 0.15) is 0 Å². The summed E-state index contributed by atoms with van der Waals surface area (Å²) in [6, 6.07) is 5.45. The van der Waals surface area contributed by atoms with Gasteiger partial charge in [0, 0.05) is 22.3 Å². The molecule has 1 nitrogen and oxygen atoms in total. The smallest absolute Gasteiger partial charge is 0.00684 e. The normalized spacial score (nSPS) is 19.2. The van der Waals surface area contributed by atoms with Gasteiger partial charge in [-0.1, -0.05) is 20.8 Å². The molecule has 96 valence electrons. The van der Waals surface area contributed by atoms with Crippen molar-refractivity contribution >= 4 is 11.3 Å². The first kappa shape index (κ1) is 13.1. The Hall–Kier alpha value is -0.340. The molecule has 1 unspecified atom stereocenters. The molecule has 0 radical (unpaired) electrons. The molecule has 1 aliphatic rings. The molecule has 0 aromatic carbocycles. The Kier molecular flexibility index (Phi) is 4.26. The zero-order valence-corrected chi connectivity index (χ0v) is 12.2. The second-order valence-corrected chi connectivity index (χ2v) is 6.97. The summed E-state index contributed by atoms with van der Waals surface area (Å²) >= 11 is 2.00. The molecule has 1 aromatic rings. The van der Waals surface area contributed by atoms with Crippen LogP contribution in [0.3, 0.4) is 0 Å². The molecule has 1 heterocycles. The lowest BCUT2D eigenvalue weighted by Gasteiger charge is -2.28. The highest BCUT2D eigenvalue weighted by Gasteiger charge is 2.27. The second kappa shape index (κ2) is 5.53. The van der Waals surface area contributed by atoms with Gasteiger partial charge in [-0.2, -0.15) is 0 Å². The van der Waals surface area contributed by atoms with Crippen LogP contribution in [0.1, 0.15) is 49.8 Å². The lowest BCUT2D eigenvalue weighted by molar-refractivity contribution is 0.291. The van der Waals surface area contributed by atoms with Crippen LogP contribution in [0.4, 0.5) is 0 Å². The number of nitrogens with one attached hydrogen (secondary N) is 1. The first-order valence-corrected chi connectivity index (χ1v) is 7.78. The summed E-state index contributed by atoms with van der Waals surface area (Å²) in [6.07, 6.45) is 6.44. The summed E-state index contributed by atoms with van der Waals surface area (Å²) in [5.41, 5.74) is 0.429. The van der Waals surface area contributed by atoms with Gasteiger partial charge in [-0.15, -0.1) is 11.3 Å². The van der Waals surface area contributed by atoms with Crippen molar-refractivity contribution in [3.8, 4) is 0 Å². The molecule has 0 saturated heterocycles. The van der Waals surface area contributed by atoms with Crippen LogP contribution < -0.4 is 5.32 Å². The van der Waals surface area contributed by atoms with Crippen LogP contribution in [0.15, 0.2) is 12.1 Å². The third kappa shape index (κ3) is 3.82. The monoisotopic (exact) mass is 251 g/mol. The van der Waals surface area contributed by atoms with E-state index >= 15 is 0 Å². The maximum Gasteiger partial charge on any atom is 0.00684 e. The summed E-state index contributed by atoms with van der Waals surface area (Å²) in [4.78, 5) is 3.08. The highest BCUT2D eigenvalue weighted by atomic mass is 32.1. The van der Waals surface area contributed by atoms with Gasteiger partial charge in [-0.05, 0) is 49.7 Å². The lowest BCUT2D eigenvalue weighted by atomic mass is 9.83. The molecule has 0 spiro atoms. The second-order valence-electron chi connectivity index (χ2n) is 5.72. The van der Waals surface area contributed by atoms with Crippen molar-refractivity contribution in [2.75, 3.05) is 6.54 Å². The van der Waals surface area contributed by atoms with Gasteiger partial charge in [0.25, 0.3) is 0 Å². The zero-order valence-electron chi connectivity index (χ0n) is 11.4. The van der Waals surface area contributed by atoms with Crippen LogP contribution in [0.5, 0.6) is 0 Å². The van der Waals surface area contributed by atoms with Gasteiger partial charge in [-0.3, -0.25) is 0 Å². The molecule has 1 N–H and O–H groups in total. The van der Waals surface area contributed by atoms with Gasteiger partial charge in [0.2, 0.25) is 0 Å². The Balaban J connectivity index is 1.91. The first-order valence-electron chi connectivity index (χ1n) is 6.96. The summed E-state index contributed by atoms with van der Waals surface area (Å²) in [5, 5.41) is 3.69. The van der Waals surface area contributed by atoms with E-state index in [4.69, 9.17) is 0 Å². The van der Waals surface area contributed by atoms with Crippen LogP contribution >= 0.6 is 11.3 Å². The third-order valence-electron chi connectivity index (χ3n) is 3.92. The van der Waals surface area contributed by atoms with Gasteiger partial charge >= 0.3 is 0 Å². The van der Waals surface area contributed by atoms with Crippen molar-refractivity contribution in [1.82, 2.24) is 5.32 Å². The Morgan fingerprint density at radius 2 is 2.00 bits per heavy atom. The maximum absolute atomic E-state index is 3.69. The molecule has 0 aliphatic heterocycles. The van der Waals surface area contributed by atoms with E-state index in [0.717, 1.165) is 6.04 Å². The summed E-state index contributed by atoms with van der Waals surface area (Å²) in [5.74, 6) is 0. The zero-order chi connectivity index (χ0) is 12.3. The predicted molar refractivity (Wildman–Crippen MR) is 76.8 cm³/mol. The SMILES string of the molecule is CCc1ccc(CC(C)(CC)CNC2CC2)s1. The molecular weight excluding hydrogens is 226 g/mol. The van der Waals surface area contributed by atoms with E-state index in [1.54, 1.807) is 4.88 Å². The maximum atomic E-state index is 3.69. The molecule has 1 saturated carbocycles. The highest BCUT2D eigenvalue weighted by Crippen LogP contribution is 2.31. The van der Waals surface area contributed by atoms with E-state index in [0.29, 0.717) is 5.41 Å². The minimum atomic E-state index is 0.429. The van der Waals surface area contributed by atoms with Gasteiger partial charge in [0.15, 0.2) is 0 Å². The minimum absolute atomic E-state index is 0.429. The quantitative estimate of drug-likeness (QED) is 0.772. The predicted octanol–water partition coefficient (Wildman–Crippen LogP) is 4.02. The third-order valence-corrected chi connectivity index (χ3v) is 5.14. The minimum Gasteiger partial charge on any atom is -0.313 e. The summed E-state index contributed by atoms with van der Waals surface area (Å²) < 4.78 is 0. The molecule has 1 fully saturated rings. The molecule has 1 aromatic heterocycles. The highest BCUT2D eigenvalue weighted by molar-refractivity contribution is 7.11. The van der Waals surface area contributed by atoms with Crippen molar-refractivity contribution in [3.63, 3.8) is 0 Å². The van der Waals surface area contributed by atoms with E-state index < -0.39 is 0 Å². The van der Waals surface area contributed by atoms with Crippen LogP contribution in [0.25, 0.3) is 0 Å². The number of hydrogen-bond donors (Lipinski definition) is 1. The van der Waals surface area contributed by atoms with Crippen LogP contribution in [-0.4, -0.2) is 12.6 Å². The number of aryl methyl sites for hydroxylation is 1. The van der Waals surface area contributed by atoms with Gasteiger partial charge in [0.05, 0.1) is 0 Å². The van der Waals surface area contributed by atoms with Crippen molar-refractivity contribution < 1.29 is 0 Å². The molecule has 17 heavy (non-hydrogen) atoms. The average Bonchev–Trinajstić information content (AvgIpc) is 3.07. The Morgan fingerprint density at radius 3 is 2.53 bits per heavy atom. The van der Waals surface area contributed by atoms with Gasteiger partial charge < -0.3 is 5.32 Å². The van der Waals surface area contributed by atoms with Crippen LogP contribution in [0, 0.1) is 5.41 Å². The van der Waals surface area contributed by atoms with Crippen molar-refractivity contribution in [1.29, 1.82) is 0 Å². The Bertz CT molecular complexity index is 354. The Morgan fingerprint density at radius 1 is 1.29 bits per heavy atom. The molecular formula is C15H25NS. The fourth-order valence-electron chi connectivity index (χ4n) is 2.12. The van der Waals surface area contributed by atoms with E-state index in [2.05, 4.69) is 38.2 Å². The number of thiophene rings is 1. The first-order chi connectivity index (χ1) is 8.15. The summed E-state index contributed by atoms with van der Waals surface area (Å²) in [7, 11) is 0. The van der Waals surface area contributed by atoms with E-state index in [1.807, 2.05) is 11.3 Å². The molecule has 2 heteroatoms. The summed E-state index contributed by atoms with van der Waals surface area (Å²) in [6.45, 7) is 8.16. The fraction of sp³-hybridized carbons (Fsp3) is 0.733. The fourth-order valence-corrected chi connectivity index (χ4v) is 3.29. The number of hydrogen-bond acceptors (Lipinski definition) is 2. The number of rotatable bonds is 7. The van der Waals surface area contributed by atoms with E-state index in [9.17, 15) is 0 Å². The molecule has 2 rings (SSSR count). The lowest BCUT2D eigenvalue weighted by Crippen LogP contribution is -2.34. The topological polar surface area (TPSA) is 12.0 Å². The largest absolute Gasteiger partial charge is 0.313 e. The van der Waals surface area contributed by atoms with Gasteiger partial charge in [-0.25, -0.2) is 0 Å². The van der Waals surface area contributed by atoms with E-state index in [1.165, 1.54) is 43.5 Å².